The minimum absolute atomic E-state index is 0.127. The van der Waals surface area contributed by atoms with Crippen molar-refractivity contribution in [2.75, 3.05) is 12.4 Å². The van der Waals surface area contributed by atoms with Gasteiger partial charge in [-0.05, 0) is 67.2 Å². The molecule has 1 aromatic heterocycles. The zero-order chi connectivity index (χ0) is 22.0. The first-order valence-corrected chi connectivity index (χ1v) is 9.78. The molecule has 156 valence electrons. The summed E-state index contributed by atoms with van der Waals surface area (Å²) in [6.45, 7) is 1.86. The summed E-state index contributed by atoms with van der Waals surface area (Å²) in [6.07, 6.45) is 0. The Balaban J connectivity index is 1.50. The van der Waals surface area contributed by atoms with E-state index in [1.165, 1.54) is 19.2 Å². The van der Waals surface area contributed by atoms with E-state index in [0.717, 1.165) is 5.56 Å². The lowest BCUT2D eigenvalue weighted by Gasteiger charge is -2.13. The van der Waals surface area contributed by atoms with Gasteiger partial charge in [0.15, 0.2) is 10.7 Å². The normalized spacial score (nSPS) is 10.7. The quantitative estimate of drug-likeness (QED) is 0.436. The number of ether oxygens (including phenoxy) is 1. The Morgan fingerprint density at radius 3 is 2.71 bits per heavy atom. The third-order valence-electron chi connectivity index (χ3n) is 4.60. The zero-order valence-electron chi connectivity index (χ0n) is 16.7. The monoisotopic (exact) mass is 435 g/mol. The van der Waals surface area contributed by atoms with E-state index in [-0.39, 0.29) is 16.8 Å². The summed E-state index contributed by atoms with van der Waals surface area (Å²) in [7, 11) is 1.51. The van der Waals surface area contributed by atoms with Crippen LogP contribution in [0.1, 0.15) is 15.9 Å². The molecular weight excluding hydrogens is 417 g/mol. The molecule has 0 aliphatic carbocycles. The van der Waals surface area contributed by atoms with Crippen LogP contribution in [0.15, 0.2) is 65.1 Å². The van der Waals surface area contributed by atoms with Gasteiger partial charge in [0.2, 0.25) is 5.89 Å². The summed E-state index contributed by atoms with van der Waals surface area (Å²) >= 11 is 5.27. The summed E-state index contributed by atoms with van der Waals surface area (Å²) in [5.74, 6) is 0.0631. The van der Waals surface area contributed by atoms with Gasteiger partial charge in [-0.25, -0.2) is 9.37 Å². The summed E-state index contributed by atoms with van der Waals surface area (Å²) < 4.78 is 24.5. The van der Waals surface area contributed by atoms with Crippen LogP contribution in [0.4, 0.5) is 10.1 Å². The highest BCUT2D eigenvalue weighted by molar-refractivity contribution is 7.80. The second-order valence-corrected chi connectivity index (χ2v) is 7.18. The number of fused-ring (bicyclic) bond motifs is 1. The fourth-order valence-electron chi connectivity index (χ4n) is 3.19. The Morgan fingerprint density at radius 2 is 1.94 bits per heavy atom. The molecule has 8 heteroatoms. The smallest absolute Gasteiger partial charge is 0.261 e. The predicted octanol–water partition coefficient (Wildman–Crippen LogP) is 5.08. The average molecular weight is 435 g/mol. The first-order chi connectivity index (χ1) is 14.9. The minimum Gasteiger partial charge on any atom is -0.496 e. The van der Waals surface area contributed by atoms with Crippen LogP contribution in [0.3, 0.4) is 0 Å². The number of aryl methyl sites for hydroxylation is 1. The van der Waals surface area contributed by atoms with Crippen LogP contribution in [0.2, 0.25) is 0 Å². The van der Waals surface area contributed by atoms with Crippen molar-refractivity contribution < 1.29 is 18.3 Å². The number of rotatable bonds is 4. The molecule has 1 amide bonds. The lowest BCUT2D eigenvalue weighted by Crippen LogP contribution is -2.34. The molecule has 1 heterocycles. The second-order valence-electron chi connectivity index (χ2n) is 6.78. The van der Waals surface area contributed by atoms with E-state index in [9.17, 15) is 9.18 Å². The fraction of sp³-hybridized carbons (Fsp3) is 0.0870. The third kappa shape index (κ3) is 4.39. The molecule has 0 unspecified atom stereocenters. The van der Waals surface area contributed by atoms with Crippen LogP contribution < -0.4 is 15.4 Å². The van der Waals surface area contributed by atoms with Gasteiger partial charge < -0.3 is 14.5 Å². The molecule has 6 nitrogen and oxygen atoms in total. The van der Waals surface area contributed by atoms with Gasteiger partial charge in [-0.15, -0.1) is 0 Å². The molecule has 0 aliphatic heterocycles. The van der Waals surface area contributed by atoms with Crippen molar-refractivity contribution in [1.29, 1.82) is 0 Å². The molecule has 4 aromatic rings. The number of thiocarbonyl (C=S) groups is 1. The number of carbonyl (C=O) groups is 1. The van der Waals surface area contributed by atoms with Gasteiger partial charge >= 0.3 is 0 Å². The number of hydrogen-bond donors (Lipinski definition) is 2. The van der Waals surface area contributed by atoms with Gasteiger partial charge in [-0.1, -0.05) is 18.2 Å². The highest BCUT2D eigenvalue weighted by Crippen LogP contribution is 2.27. The van der Waals surface area contributed by atoms with Crippen molar-refractivity contribution >= 4 is 40.0 Å². The Bertz CT molecular complexity index is 1300. The predicted molar refractivity (Wildman–Crippen MR) is 121 cm³/mol. The lowest BCUT2D eigenvalue weighted by molar-refractivity contribution is 0.0974. The maximum Gasteiger partial charge on any atom is 0.261 e. The van der Waals surface area contributed by atoms with Gasteiger partial charge in [-0.2, -0.15) is 0 Å². The number of carbonyl (C=O) groups excluding carboxylic acids is 1. The standard InChI is InChI=1S/C23H18FN3O3S/c1-13-5-3-8-17(20(13)29-2)21(28)27-23(31)25-16-9-10-19-18(12-16)26-22(30-19)14-6-4-7-15(24)11-14/h3-12H,1-2H3,(H2,25,27,28,31). The average Bonchev–Trinajstić information content (AvgIpc) is 3.17. The van der Waals surface area contributed by atoms with E-state index in [0.29, 0.717) is 39.6 Å². The van der Waals surface area contributed by atoms with Gasteiger partial charge in [0, 0.05) is 11.3 Å². The molecule has 0 bridgehead atoms. The Kier molecular flexibility index (Phi) is 5.64. The van der Waals surface area contributed by atoms with Gasteiger partial charge in [0.1, 0.15) is 17.1 Å². The number of benzene rings is 3. The number of anilines is 1. The number of nitrogens with one attached hydrogen (secondary N) is 2. The minimum atomic E-state index is -0.381. The van der Waals surface area contributed by atoms with Crippen molar-refractivity contribution in [2.45, 2.75) is 6.92 Å². The molecule has 2 N–H and O–H groups in total. The lowest BCUT2D eigenvalue weighted by atomic mass is 10.1. The van der Waals surface area contributed by atoms with E-state index >= 15 is 0 Å². The van der Waals surface area contributed by atoms with Crippen LogP contribution in [-0.2, 0) is 0 Å². The topological polar surface area (TPSA) is 76.4 Å². The van der Waals surface area contributed by atoms with Crippen LogP contribution in [0, 0.1) is 12.7 Å². The number of aromatic nitrogens is 1. The van der Waals surface area contributed by atoms with Crippen molar-refractivity contribution in [3.8, 4) is 17.2 Å². The maximum absolute atomic E-state index is 13.5. The van der Waals surface area contributed by atoms with Crippen LogP contribution in [0.25, 0.3) is 22.6 Å². The fourth-order valence-corrected chi connectivity index (χ4v) is 3.40. The van der Waals surface area contributed by atoms with E-state index in [1.807, 2.05) is 13.0 Å². The number of oxazole rings is 1. The zero-order valence-corrected chi connectivity index (χ0v) is 17.5. The van der Waals surface area contributed by atoms with E-state index in [1.54, 1.807) is 42.5 Å². The van der Waals surface area contributed by atoms with Crippen molar-refractivity contribution in [2.24, 2.45) is 0 Å². The molecule has 0 aliphatic rings. The molecule has 3 aromatic carbocycles. The largest absolute Gasteiger partial charge is 0.496 e. The van der Waals surface area contributed by atoms with Gasteiger partial charge in [-0.3, -0.25) is 10.1 Å². The SMILES string of the molecule is COc1c(C)cccc1C(=O)NC(=S)Nc1ccc2oc(-c3cccc(F)c3)nc2c1. The molecule has 0 radical (unpaired) electrons. The van der Waals surface area contributed by atoms with Gasteiger partial charge in [0.05, 0.1) is 12.7 Å². The second kappa shape index (κ2) is 8.53. The summed E-state index contributed by atoms with van der Waals surface area (Å²) in [5, 5.41) is 5.74. The summed E-state index contributed by atoms with van der Waals surface area (Å²) in [6, 6.07) is 16.5. The number of amides is 1. The molecule has 0 saturated carbocycles. The molecular formula is C23H18FN3O3S. The third-order valence-corrected chi connectivity index (χ3v) is 4.81. The molecule has 4 rings (SSSR count). The molecule has 0 atom stereocenters. The van der Waals surface area contributed by atoms with Crippen LogP contribution in [0.5, 0.6) is 5.75 Å². The highest BCUT2D eigenvalue weighted by Gasteiger charge is 2.15. The number of halogens is 1. The summed E-state index contributed by atoms with van der Waals surface area (Å²) in [4.78, 5) is 17.0. The van der Waals surface area contributed by atoms with Crippen molar-refractivity contribution in [3.63, 3.8) is 0 Å². The first-order valence-electron chi connectivity index (χ1n) is 9.37. The molecule has 31 heavy (non-hydrogen) atoms. The first kappa shape index (κ1) is 20.5. The Labute approximate surface area is 183 Å². The van der Waals surface area contributed by atoms with Crippen LogP contribution in [-0.4, -0.2) is 23.1 Å². The van der Waals surface area contributed by atoms with Gasteiger partial charge in [0.25, 0.3) is 5.91 Å². The van der Waals surface area contributed by atoms with Crippen molar-refractivity contribution in [3.05, 3.63) is 77.6 Å². The van der Waals surface area contributed by atoms with Crippen molar-refractivity contribution in [1.82, 2.24) is 10.3 Å². The number of para-hydroxylation sites is 1. The molecule has 0 fully saturated rings. The molecule has 0 spiro atoms. The number of methoxy groups -OCH3 is 1. The van der Waals surface area contributed by atoms with Crippen LogP contribution >= 0.6 is 12.2 Å². The molecule has 0 saturated heterocycles. The van der Waals surface area contributed by atoms with E-state index < -0.39 is 0 Å². The summed E-state index contributed by atoms with van der Waals surface area (Å²) in [5.41, 5.74) is 3.51. The maximum atomic E-state index is 13.5. The number of hydrogen-bond acceptors (Lipinski definition) is 5. The Morgan fingerprint density at radius 1 is 1.13 bits per heavy atom. The van der Waals surface area contributed by atoms with E-state index in [2.05, 4.69) is 15.6 Å². The highest BCUT2D eigenvalue weighted by atomic mass is 32.1. The number of nitrogens with zero attached hydrogens (tertiary/aromatic N) is 1. The van der Waals surface area contributed by atoms with E-state index in [4.69, 9.17) is 21.4 Å². The Hall–Kier alpha value is -3.78.